The minimum atomic E-state index is -0.104. The summed E-state index contributed by atoms with van der Waals surface area (Å²) < 4.78 is 13.4. The quantitative estimate of drug-likeness (QED) is 0.713. The summed E-state index contributed by atoms with van der Waals surface area (Å²) in [5.74, 6) is 2.33. The molecule has 1 aromatic heterocycles. The summed E-state index contributed by atoms with van der Waals surface area (Å²) in [4.78, 5) is 19.3. The molecule has 7 heteroatoms. The molecule has 2 amide bonds. The molecule has 2 aliphatic heterocycles. The Kier molecular flexibility index (Phi) is 4.78. The van der Waals surface area contributed by atoms with Gasteiger partial charge in [0.25, 0.3) is 0 Å². The summed E-state index contributed by atoms with van der Waals surface area (Å²) in [6, 6.07) is 15.8. The Labute approximate surface area is 175 Å². The first kappa shape index (κ1) is 18.5. The zero-order valence-corrected chi connectivity index (χ0v) is 16.9. The Morgan fingerprint density at radius 2 is 1.90 bits per heavy atom. The summed E-state index contributed by atoms with van der Waals surface area (Å²) in [5, 5.41) is 2.99. The number of fused-ring (bicyclic) bond motifs is 1. The predicted octanol–water partition coefficient (Wildman–Crippen LogP) is 4.11. The smallest absolute Gasteiger partial charge is 0.321 e. The maximum atomic E-state index is 12.9. The highest BCUT2D eigenvalue weighted by atomic mass is 16.6. The summed E-state index contributed by atoms with van der Waals surface area (Å²) in [6.45, 7) is 4.48. The lowest BCUT2D eigenvalue weighted by Crippen LogP contribution is -2.33. The van der Waals surface area contributed by atoms with Crippen LogP contribution in [-0.4, -0.2) is 46.8 Å². The molecule has 154 valence electrons. The third-order valence-corrected chi connectivity index (χ3v) is 5.62. The molecule has 1 saturated heterocycles. The van der Waals surface area contributed by atoms with Crippen molar-refractivity contribution >= 4 is 11.7 Å². The second-order valence-corrected chi connectivity index (χ2v) is 7.64. The van der Waals surface area contributed by atoms with E-state index < -0.39 is 0 Å². The summed E-state index contributed by atoms with van der Waals surface area (Å²) in [7, 11) is 0. The van der Waals surface area contributed by atoms with Gasteiger partial charge in [-0.05, 0) is 25.5 Å². The van der Waals surface area contributed by atoms with Crippen LogP contribution in [0.5, 0.6) is 11.5 Å². The van der Waals surface area contributed by atoms with Gasteiger partial charge in [-0.3, -0.25) is 0 Å². The van der Waals surface area contributed by atoms with Crippen molar-refractivity contribution in [3.63, 3.8) is 0 Å². The van der Waals surface area contributed by atoms with Crippen LogP contribution < -0.4 is 14.8 Å². The molecule has 3 heterocycles. The van der Waals surface area contributed by atoms with Crippen LogP contribution in [0.15, 0.2) is 54.7 Å². The van der Waals surface area contributed by atoms with Crippen molar-refractivity contribution in [2.75, 3.05) is 31.6 Å². The Bertz CT molecular complexity index is 1060. The van der Waals surface area contributed by atoms with Crippen LogP contribution in [0, 0.1) is 6.92 Å². The number of likely N-dealkylation sites (tertiary alicyclic amines) is 1. The van der Waals surface area contributed by atoms with Crippen LogP contribution in [0.1, 0.15) is 18.2 Å². The van der Waals surface area contributed by atoms with E-state index in [0.29, 0.717) is 43.5 Å². The normalized spacial score (nSPS) is 17.8. The first-order valence-corrected chi connectivity index (χ1v) is 10.2. The number of aryl methyl sites for hydroxylation is 1. The van der Waals surface area contributed by atoms with E-state index in [1.807, 2.05) is 47.5 Å². The lowest BCUT2D eigenvalue weighted by molar-refractivity contribution is 0.171. The molecule has 7 nitrogen and oxygen atoms in total. The number of carbonyl (C=O) groups excluding carboxylic acids is 1. The maximum Gasteiger partial charge on any atom is 0.321 e. The minimum Gasteiger partial charge on any atom is -0.486 e. The molecule has 0 radical (unpaired) electrons. The number of benzene rings is 2. The molecule has 1 fully saturated rings. The highest BCUT2D eigenvalue weighted by Gasteiger charge is 2.30. The van der Waals surface area contributed by atoms with E-state index in [1.165, 1.54) is 0 Å². The number of aromatic nitrogens is 2. The largest absolute Gasteiger partial charge is 0.486 e. The molecular weight excluding hydrogens is 380 g/mol. The van der Waals surface area contributed by atoms with Crippen molar-refractivity contribution in [3.8, 4) is 22.9 Å². The fraction of sp³-hybridized carbons (Fsp3) is 0.304. The number of anilines is 1. The van der Waals surface area contributed by atoms with Gasteiger partial charge in [-0.15, -0.1) is 0 Å². The summed E-state index contributed by atoms with van der Waals surface area (Å²) >= 11 is 0. The van der Waals surface area contributed by atoms with E-state index in [4.69, 9.17) is 9.47 Å². The van der Waals surface area contributed by atoms with E-state index >= 15 is 0 Å². The van der Waals surface area contributed by atoms with Gasteiger partial charge in [0.2, 0.25) is 0 Å². The predicted molar refractivity (Wildman–Crippen MR) is 114 cm³/mol. The number of imidazole rings is 1. The fourth-order valence-corrected chi connectivity index (χ4v) is 4.17. The van der Waals surface area contributed by atoms with Crippen LogP contribution in [0.25, 0.3) is 11.4 Å². The molecule has 0 bridgehead atoms. The number of urea groups is 1. The lowest BCUT2D eigenvalue weighted by Gasteiger charge is -2.21. The Morgan fingerprint density at radius 3 is 2.73 bits per heavy atom. The molecule has 5 rings (SSSR count). The van der Waals surface area contributed by atoms with E-state index in [2.05, 4.69) is 33.9 Å². The van der Waals surface area contributed by atoms with Crippen LogP contribution in [0.2, 0.25) is 0 Å². The van der Waals surface area contributed by atoms with Crippen LogP contribution in [0.4, 0.5) is 10.5 Å². The maximum absolute atomic E-state index is 12.9. The van der Waals surface area contributed by atoms with Gasteiger partial charge >= 0.3 is 6.03 Å². The van der Waals surface area contributed by atoms with E-state index in [1.54, 1.807) is 0 Å². The Balaban J connectivity index is 1.30. The molecule has 1 atom stereocenters. The molecule has 30 heavy (non-hydrogen) atoms. The van der Waals surface area contributed by atoms with Gasteiger partial charge in [-0.25, -0.2) is 9.78 Å². The molecule has 2 aromatic carbocycles. The topological polar surface area (TPSA) is 68.6 Å². The highest BCUT2D eigenvalue weighted by Crippen LogP contribution is 2.33. The number of nitrogens with zero attached hydrogens (tertiary/aromatic N) is 3. The van der Waals surface area contributed by atoms with Gasteiger partial charge in [0, 0.05) is 42.3 Å². The molecule has 3 aromatic rings. The number of hydrogen-bond donors (Lipinski definition) is 1. The molecular formula is C23H24N4O3. The number of hydrogen-bond acceptors (Lipinski definition) is 4. The van der Waals surface area contributed by atoms with Gasteiger partial charge in [-0.2, -0.15) is 0 Å². The Morgan fingerprint density at radius 1 is 1.10 bits per heavy atom. The van der Waals surface area contributed by atoms with Crippen molar-refractivity contribution in [2.45, 2.75) is 19.4 Å². The van der Waals surface area contributed by atoms with Crippen molar-refractivity contribution in [1.82, 2.24) is 14.5 Å². The van der Waals surface area contributed by atoms with Crippen molar-refractivity contribution in [2.24, 2.45) is 0 Å². The number of nitrogens with one attached hydrogen (secondary N) is 1. The monoisotopic (exact) mass is 404 g/mol. The lowest BCUT2D eigenvalue weighted by atomic mass is 10.2. The van der Waals surface area contributed by atoms with E-state index in [0.717, 1.165) is 23.5 Å². The number of rotatable bonds is 3. The van der Waals surface area contributed by atoms with E-state index in [9.17, 15) is 4.79 Å². The number of amides is 2. The zero-order chi connectivity index (χ0) is 20.5. The zero-order valence-electron chi connectivity index (χ0n) is 16.9. The van der Waals surface area contributed by atoms with Gasteiger partial charge in [-0.1, -0.05) is 30.3 Å². The molecule has 0 aliphatic carbocycles. The molecule has 2 aliphatic rings. The first-order chi connectivity index (χ1) is 14.7. The van der Waals surface area contributed by atoms with Gasteiger partial charge in [0.05, 0.1) is 6.04 Å². The number of ether oxygens (including phenoxy) is 2. The third-order valence-electron chi connectivity index (χ3n) is 5.62. The van der Waals surface area contributed by atoms with Crippen molar-refractivity contribution in [3.05, 3.63) is 60.4 Å². The molecule has 1 N–H and O–H groups in total. The first-order valence-electron chi connectivity index (χ1n) is 10.2. The van der Waals surface area contributed by atoms with Gasteiger partial charge in [0.15, 0.2) is 11.5 Å². The van der Waals surface area contributed by atoms with Crippen molar-refractivity contribution < 1.29 is 14.3 Å². The van der Waals surface area contributed by atoms with Gasteiger partial charge in [0.1, 0.15) is 19.0 Å². The third kappa shape index (κ3) is 3.47. The van der Waals surface area contributed by atoms with E-state index in [-0.39, 0.29) is 12.1 Å². The number of carbonyl (C=O) groups is 1. The summed E-state index contributed by atoms with van der Waals surface area (Å²) in [5.41, 5.74) is 2.90. The fourth-order valence-electron chi connectivity index (χ4n) is 4.17. The molecule has 0 saturated carbocycles. The Hall–Kier alpha value is -3.48. The van der Waals surface area contributed by atoms with Crippen LogP contribution >= 0.6 is 0 Å². The second-order valence-electron chi connectivity index (χ2n) is 7.64. The molecule has 0 spiro atoms. The second kappa shape index (κ2) is 7.74. The van der Waals surface area contributed by atoms with Crippen LogP contribution in [0.3, 0.4) is 0 Å². The van der Waals surface area contributed by atoms with Gasteiger partial charge < -0.3 is 24.3 Å². The molecule has 1 unspecified atom stereocenters. The van der Waals surface area contributed by atoms with Crippen molar-refractivity contribution in [1.29, 1.82) is 0 Å². The van der Waals surface area contributed by atoms with Crippen LogP contribution in [-0.2, 0) is 0 Å². The highest BCUT2D eigenvalue weighted by molar-refractivity contribution is 5.90. The summed E-state index contributed by atoms with van der Waals surface area (Å²) in [6.07, 6.45) is 2.80. The minimum absolute atomic E-state index is 0.104. The SMILES string of the molecule is Cc1cnc(-c2ccccc2)n1C1CCN(C(=O)Nc2ccc3c(c2)OCCO3)C1. The average molecular weight is 404 g/mol. The average Bonchev–Trinajstić information content (AvgIpc) is 3.41. The standard InChI is InChI=1S/C23H24N4O3/c1-16-14-24-22(17-5-3-2-4-6-17)27(16)19-9-10-26(15-19)23(28)25-18-7-8-20-21(13-18)30-12-11-29-20/h2-8,13-14,19H,9-12,15H2,1H3,(H,25,28).